The molecule has 2 amide bonds. The number of nitrogens with zero attached hydrogens (tertiary/aromatic N) is 3. The summed E-state index contributed by atoms with van der Waals surface area (Å²) in [5, 5.41) is 9.08. The lowest BCUT2D eigenvalue weighted by atomic mass is 9.96. The first-order valence-electron chi connectivity index (χ1n) is 8.00. The highest BCUT2D eigenvalue weighted by molar-refractivity contribution is 7.10. The molecule has 128 valence electrons. The number of thiophene rings is 1. The van der Waals surface area contributed by atoms with Crippen LogP contribution < -0.4 is 5.32 Å². The van der Waals surface area contributed by atoms with Gasteiger partial charge in [0.25, 0.3) is 0 Å². The van der Waals surface area contributed by atoms with Gasteiger partial charge < -0.3 is 10.2 Å². The fourth-order valence-corrected chi connectivity index (χ4v) is 3.42. The largest absolute Gasteiger partial charge is 0.336 e. The molecule has 0 atom stereocenters. The summed E-state index contributed by atoms with van der Waals surface area (Å²) in [6.07, 6.45) is 4.19. The summed E-state index contributed by atoms with van der Waals surface area (Å²) in [7, 11) is 0. The van der Waals surface area contributed by atoms with Gasteiger partial charge in [-0.05, 0) is 23.4 Å². The van der Waals surface area contributed by atoms with E-state index in [1.165, 1.54) is 10.4 Å². The van der Waals surface area contributed by atoms with E-state index in [2.05, 4.69) is 21.9 Å². The molecule has 0 unspecified atom stereocenters. The van der Waals surface area contributed by atoms with Crippen LogP contribution in [0.5, 0.6) is 0 Å². The molecular weight excluding hydrogens is 324 g/mol. The molecule has 0 radical (unpaired) electrons. The van der Waals surface area contributed by atoms with E-state index in [-0.39, 0.29) is 18.4 Å². The predicted molar refractivity (Wildman–Crippen MR) is 93.8 cm³/mol. The minimum atomic E-state index is -0.468. The van der Waals surface area contributed by atoms with Gasteiger partial charge in [-0.1, -0.05) is 20.8 Å². The number of aromatic nitrogens is 2. The van der Waals surface area contributed by atoms with Gasteiger partial charge in [-0.3, -0.25) is 14.3 Å². The van der Waals surface area contributed by atoms with Crippen molar-refractivity contribution in [3.05, 3.63) is 34.3 Å². The Balaban J connectivity index is 1.59. The Labute approximate surface area is 145 Å². The van der Waals surface area contributed by atoms with Crippen LogP contribution >= 0.6 is 11.3 Å². The molecule has 0 saturated carbocycles. The van der Waals surface area contributed by atoms with Crippen molar-refractivity contribution in [1.29, 1.82) is 0 Å². The molecule has 1 aliphatic rings. The van der Waals surface area contributed by atoms with Gasteiger partial charge in [0.1, 0.15) is 6.54 Å². The number of anilines is 1. The van der Waals surface area contributed by atoms with E-state index < -0.39 is 5.41 Å². The van der Waals surface area contributed by atoms with Gasteiger partial charge in [0.05, 0.1) is 11.9 Å². The second-order valence-electron chi connectivity index (χ2n) is 7.07. The van der Waals surface area contributed by atoms with E-state index in [1.54, 1.807) is 28.4 Å². The average molecular weight is 346 g/mol. The Kier molecular flexibility index (Phi) is 4.45. The number of hydrogen-bond acceptors (Lipinski definition) is 4. The van der Waals surface area contributed by atoms with Crippen molar-refractivity contribution in [3.63, 3.8) is 0 Å². The number of hydrogen-bond donors (Lipinski definition) is 1. The topological polar surface area (TPSA) is 67.2 Å². The van der Waals surface area contributed by atoms with Crippen LogP contribution in [0.3, 0.4) is 0 Å². The van der Waals surface area contributed by atoms with Crippen LogP contribution in [0.4, 0.5) is 5.69 Å². The minimum absolute atomic E-state index is 0.0450. The molecule has 2 aromatic heterocycles. The molecule has 0 bridgehead atoms. The van der Waals surface area contributed by atoms with E-state index in [9.17, 15) is 9.59 Å². The first kappa shape index (κ1) is 16.7. The first-order valence-corrected chi connectivity index (χ1v) is 8.88. The molecule has 7 heteroatoms. The lowest BCUT2D eigenvalue weighted by molar-refractivity contribution is -0.133. The molecule has 1 N–H and O–H groups in total. The SMILES string of the molecule is CC(C)(C)C(=O)Nc1cnn(CC(=O)N2CCc3sccc3C2)c1. The molecule has 0 saturated heterocycles. The first-order chi connectivity index (χ1) is 11.3. The molecule has 3 heterocycles. The van der Waals surface area contributed by atoms with Crippen molar-refractivity contribution in [2.24, 2.45) is 5.41 Å². The summed E-state index contributed by atoms with van der Waals surface area (Å²) < 4.78 is 1.57. The molecule has 24 heavy (non-hydrogen) atoms. The second kappa shape index (κ2) is 6.39. The van der Waals surface area contributed by atoms with E-state index in [0.717, 1.165) is 13.0 Å². The molecule has 6 nitrogen and oxygen atoms in total. The highest BCUT2D eigenvalue weighted by Crippen LogP contribution is 2.24. The van der Waals surface area contributed by atoms with Crippen LogP contribution in [0, 0.1) is 5.41 Å². The van der Waals surface area contributed by atoms with Gasteiger partial charge in [0.15, 0.2) is 0 Å². The smallest absolute Gasteiger partial charge is 0.244 e. The van der Waals surface area contributed by atoms with Crippen LogP contribution in [0.1, 0.15) is 31.2 Å². The van der Waals surface area contributed by atoms with Crippen molar-refractivity contribution in [1.82, 2.24) is 14.7 Å². The molecule has 2 aromatic rings. The van der Waals surface area contributed by atoms with Crippen LogP contribution in [-0.2, 0) is 29.1 Å². The van der Waals surface area contributed by atoms with Crippen molar-refractivity contribution < 1.29 is 9.59 Å². The Morgan fingerprint density at radius 2 is 2.17 bits per heavy atom. The average Bonchev–Trinajstić information content (AvgIpc) is 3.14. The second-order valence-corrected chi connectivity index (χ2v) is 8.07. The summed E-state index contributed by atoms with van der Waals surface area (Å²) in [6.45, 7) is 7.17. The zero-order chi connectivity index (χ0) is 17.3. The lowest BCUT2D eigenvalue weighted by Gasteiger charge is -2.27. The van der Waals surface area contributed by atoms with Crippen LogP contribution in [0.15, 0.2) is 23.8 Å². The number of carbonyl (C=O) groups is 2. The molecule has 0 aliphatic carbocycles. The lowest BCUT2D eigenvalue weighted by Crippen LogP contribution is -2.37. The number of amides is 2. The van der Waals surface area contributed by atoms with Crippen LogP contribution in [0.25, 0.3) is 0 Å². The molecule has 0 spiro atoms. The maximum Gasteiger partial charge on any atom is 0.244 e. The standard InChI is InChI=1S/C17H22N4O2S/c1-17(2,3)16(23)19-13-8-18-21(10-13)11-15(22)20-6-4-14-12(9-20)5-7-24-14/h5,7-8,10H,4,6,9,11H2,1-3H3,(H,19,23). The number of rotatable bonds is 3. The minimum Gasteiger partial charge on any atom is -0.336 e. The number of carbonyl (C=O) groups excluding carboxylic acids is 2. The summed E-state index contributed by atoms with van der Waals surface area (Å²) in [5.41, 5.74) is 1.39. The van der Waals surface area contributed by atoms with Crippen molar-refractivity contribution in [2.75, 3.05) is 11.9 Å². The van der Waals surface area contributed by atoms with E-state index in [1.807, 2.05) is 25.7 Å². The molecule has 1 aliphatic heterocycles. The zero-order valence-electron chi connectivity index (χ0n) is 14.2. The summed E-state index contributed by atoms with van der Waals surface area (Å²) in [6, 6.07) is 2.09. The van der Waals surface area contributed by atoms with Gasteiger partial charge >= 0.3 is 0 Å². The zero-order valence-corrected chi connectivity index (χ0v) is 15.0. The quantitative estimate of drug-likeness (QED) is 0.928. The molecular formula is C17H22N4O2S. The Hall–Kier alpha value is -2.15. The Morgan fingerprint density at radius 3 is 2.92 bits per heavy atom. The monoisotopic (exact) mass is 346 g/mol. The third-order valence-corrected chi connectivity index (χ3v) is 5.05. The van der Waals surface area contributed by atoms with Gasteiger partial charge in [0.2, 0.25) is 11.8 Å². The van der Waals surface area contributed by atoms with Gasteiger partial charge in [-0.25, -0.2) is 0 Å². The molecule has 0 aromatic carbocycles. The van der Waals surface area contributed by atoms with Crippen molar-refractivity contribution >= 4 is 28.8 Å². The maximum atomic E-state index is 12.5. The summed E-state index contributed by atoms with van der Waals surface area (Å²) in [5.74, 6) is -0.0296. The van der Waals surface area contributed by atoms with Gasteiger partial charge in [0, 0.05) is 29.6 Å². The van der Waals surface area contributed by atoms with E-state index >= 15 is 0 Å². The van der Waals surface area contributed by atoms with Crippen molar-refractivity contribution in [3.8, 4) is 0 Å². The van der Waals surface area contributed by atoms with E-state index in [0.29, 0.717) is 12.2 Å². The Morgan fingerprint density at radius 1 is 1.38 bits per heavy atom. The maximum absolute atomic E-state index is 12.5. The number of nitrogens with one attached hydrogen (secondary N) is 1. The fourth-order valence-electron chi connectivity index (χ4n) is 2.53. The molecule has 0 fully saturated rings. The van der Waals surface area contributed by atoms with E-state index in [4.69, 9.17) is 0 Å². The molecule has 3 rings (SSSR count). The summed E-state index contributed by atoms with van der Waals surface area (Å²) >= 11 is 1.76. The third-order valence-electron chi connectivity index (χ3n) is 4.03. The highest BCUT2D eigenvalue weighted by atomic mass is 32.1. The van der Waals surface area contributed by atoms with Crippen molar-refractivity contribution in [2.45, 2.75) is 40.3 Å². The van der Waals surface area contributed by atoms with Crippen LogP contribution in [0.2, 0.25) is 0 Å². The summed E-state index contributed by atoms with van der Waals surface area (Å²) in [4.78, 5) is 27.7. The Bertz CT molecular complexity index is 757. The number of fused-ring (bicyclic) bond motifs is 1. The van der Waals surface area contributed by atoms with Gasteiger partial charge in [-0.2, -0.15) is 5.10 Å². The highest BCUT2D eigenvalue weighted by Gasteiger charge is 2.23. The third kappa shape index (κ3) is 3.67. The predicted octanol–water partition coefficient (Wildman–Crippen LogP) is 2.51. The van der Waals surface area contributed by atoms with Crippen LogP contribution in [-0.4, -0.2) is 33.0 Å². The normalized spacial score (nSPS) is 14.4. The fraction of sp³-hybridized carbons (Fsp3) is 0.471. The van der Waals surface area contributed by atoms with Gasteiger partial charge in [-0.15, -0.1) is 11.3 Å².